The smallest absolute Gasteiger partial charge is 0.220 e. The maximum absolute atomic E-state index is 13.5. The van der Waals surface area contributed by atoms with E-state index in [9.17, 15) is 9.18 Å². The summed E-state index contributed by atoms with van der Waals surface area (Å²) in [6.45, 7) is 0. The molecule has 0 atom stereocenters. The van der Waals surface area contributed by atoms with Crippen molar-refractivity contribution < 1.29 is 9.18 Å². The van der Waals surface area contributed by atoms with Crippen LogP contribution in [0.4, 0.5) is 10.2 Å². The molecule has 0 saturated carbocycles. The number of anilines is 1. The van der Waals surface area contributed by atoms with E-state index < -0.39 is 5.82 Å². The van der Waals surface area contributed by atoms with Gasteiger partial charge in [0, 0.05) is 25.2 Å². The molecule has 0 aliphatic carbocycles. The molecular weight excluding hydrogens is 283 g/mol. The number of hydrogen-bond acceptors (Lipinski definition) is 4. The minimum atomic E-state index is -0.569. The van der Waals surface area contributed by atoms with Crippen LogP contribution in [0.3, 0.4) is 0 Å². The third-order valence-corrected chi connectivity index (χ3v) is 3.37. The second kappa shape index (κ2) is 6.68. The lowest BCUT2D eigenvalue weighted by Gasteiger charge is -2.12. The Bertz CT molecular complexity index is 752. The highest BCUT2D eigenvalue weighted by Crippen LogP contribution is 2.28. The van der Waals surface area contributed by atoms with Gasteiger partial charge in [0.15, 0.2) is 0 Å². The molecule has 0 unspecified atom stereocenters. The van der Waals surface area contributed by atoms with Gasteiger partial charge >= 0.3 is 0 Å². The Morgan fingerprint density at radius 3 is 2.91 bits per heavy atom. The summed E-state index contributed by atoms with van der Waals surface area (Å²) in [5.74, 6) is -0.351. The summed E-state index contributed by atoms with van der Waals surface area (Å²) in [6.07, 6.45) is 2.23. The fraction of sp³-hybridized carbons (Fsp3) is 0.188. The molecule has 112 valence electrons. The molecule has 0 spiro atoms. The summed E-state index contributed by atoms with van der Waals surface area (Å²) in [5.41, 5.74) is 7.99. The van der Waals surface area contributed by atoms with Crippen LogP contribution in [0.15, 0.2) is 30.5 Å². The predicted molar refractivity (Wildman–Crippen MR) is 81.1 cm³/mol. The van der Waals surface area contributed by atoms with Crippen LogP contribution in [0.25, 0.3) is 11.1 Å². The topological polar surface area (TPSA) is 91.8 Å². The van der Waals surface area contributed by atoms with Crippen molar-refractivity contribution >= 4 is 11.7 Å². The van der Waals surface area contributed by atoms with Crippen molar-refractivity contribution in [1.82, 2.24) is 10.3 Å². The Hall–Kier alpha value is -2.94. The lowest BCUT2D eigenvalue weighted by atomic mass is 9.96. The lowest BCUT2D eigenvalue weighted by molar-refractivity contribution is -0.120. The first-order valence-electron chi connectivity index (χ1n) is 6.70. The highest BCUT2D eigenvalue weighted by molar-refractivity contribution is 5.78. The van der Waals surface area contributed by atoms with Gasteiger partial charge in [0.2, 0.25) is 5.91 Å². The summed E-state index contributed by atoms with van der Waals surface area (Å²) < 4.78 is 13.5. The summed E-state index contributed by atoms with van der Waals surface area (Å²) in [7, 11) is 1.56. The molecule has 1 amide bonds. The van der Waals surface area contributed by atoms with Gasteiger partial charge in [0.25, 0.3) is 0 Å². The fourth-order valence-electron chi connectivity index (χ4n) is 2.18. The first-order chi connectivity index (χ1) is 10.6. The molecule has 2 rings (SSSR count). The molecule has 0 aliphatic rings. The predicted octanol–water partition coefficient (Wildman–Crippen LogP) is 2.02. The first-order valence-corrected chi connectivity index (χ1v) is 6.70. The molecule has 22 heavy (non-hydrogen) atoms. The molecule has 0 bridgehead atoms. The van der Waals surface area contributed by atoms with Crippen molar-refractivity contribution in [2.75, 3.05) is 12.8 Å². The van der Waals surface area contributed by atoms with Crippen molar-refractivity contribution in [2.24, 2.45) is 0 Å². The van der Waals surface area contributed by atoms with Crippen LogP contribution in [-0.2, 0) is 11.2 Å². The van der Waals surface area contributed by atoms with Crippen molar-refractivity contribution in [2.45, 2.75) is 12.8 Å². The Balaban J connectivity index is 2.45. The van der Waals surface area contributed by atoms with Gasteiger partial charge in [0.1, 0.15) is 17.7 Å². The standard InChI is InChI=1S/C16H15FN4O/c1-20-15(22)5-3-13-12(6-7-21-16(13)19)10-2-4-14(17)11(8-10)9-18/h2,4,6-8H,3,5H2,1H3,(H2,19,21)(H,20,22). The van der Waals surface area contributed by atoms with Crippen LogP contribution >= 0.6 is 0 Å². The zero-order chi connectivity index (χ0) is 16.1. The molecular formula is C16H15FN4O. The Morgan fingerprint density at radius 2 is 2.23 bits per heavy atom. The number of nitriles is 1. The van der Waals surface area contributed by atoms with E-state index in [1.807, 2.05) is 6.07 Å². The quantitative estimate of drug-likeness (QED) is 0.903. The molecule has 1 aromatic carbocycles. The second-order valence-corrected chi connectivity index (χ2v) is 4.70. The van der Waals surface area contributed by atoms with Gasteiger partial charge in [-0.15, -0.1) is 0 Å². The number of nitrogens with zero attached hydrogens (tertiary/aromatic N) is 2. The number of nitrogens with two attached hydrogens (primary N) is 1. The van der Waals surface area contributed by atoms with Crippen LogP contribution in [0.1, 0.15) is 17.5 Å². The number of halogens is 1. The molecule has 2 aromatic rings. The van der Waals surface area contributed by atoms with Crippen LogP contribution in [0.2, 0.25) is 0 Å². The molecule has 0 radical (unpaired) electrons. The van der Waals surface area contributed by atoms with Crippen molar-refractivity contribution in [3.05, 3.63) is 47.4 Å². The minimum absolute atomic E-state index is 0.0369. The molecule has 1 aromatic heterocycles. The molecule has 1 heterocycles. The van der Waals surface area contributed by atoms with E-state index in [-0.39, 0.29) is 17.9 Å². The van der Waals surface area contributed by atoms with Crippen LogP contribution in [-0.4, -0.2) is 17.9 Å². The Morgan fingerprint density at radius 1 is 1.45 bits per heavy atom. The van der Waals surface area contributed by atoms with E-state index in [2.05, 4.69) is 10.3 Å². The first kappa shape index (κ1) is 15.4. The average Bonchev–Trinajstić information content (AvgIpc) is 2.53. The second-order valence-electron chi connectivity index (χ2n) is 4.70. The number of hydrogen-bond donors (Lipinski definition) is 2. The number of nitrogen functional groups attached to an aromatic ring is 1. The van der Waals surface area contributed by atoms with E-state index in [0.29, 0.717) is 23.4 Å². The third kappa shape index (κ3) is 3.20. The maximum Gasteiger partial charge on any atom is 0.220 e. The number of carbonyl (C=O) groups excluding carboxylic acids is 1. The van der Waals surface area contributed by atoms with Gasteiger partial charge in [-0.2, -0.15) is 5.26 Å². The van der Waals surface area contributed by atoms with Crippen LogP contribution < -0.4 is 11.1 Å². The number of rotatable bonds is 4. The molecule has 6 heteroatoms. The van der Waals surface area contributed by atoms with Crippen molar-refractivity contribution in [3.8, 4) is 17.2 Å². The van der Waals surface area contributed by atoms with E-state index >= 15 is 0 Å². The number of aromatic nitrogens is 1. The zero-order valence-electron chi connectivity index (χ0n) is 12.1. The number of nitrogens with one attached hydrogen (secondary N) is 1. The average molecular weight is 298 g/mol. The highest BCUT2D eigenvalue weighted by atomic mass is 19.1. The molecule has 0 aliphatic heterocycles. The molecule has 0 saturated heterocycles. The maximum atomic E-state index is 13.5. The zero-order valence-corrected chi connectivity index (χ0v) is 12.1. The number of amides is 1. The highest BCUT2D eigenvalue weighted by Gasteiger charge is 2.13. The van der Waals surface area contributed by atoms with E-state index in [1.165, 1.54) is 12.1 Å². The third-order valence-electron chi connectivity index (χ3n) is 3.37. The molecule has 0 fully saturated rings. The van der Waals surface area contributed by atoms with E-state index in [4.69, 9.17) is 11.0 Å². The summed E-state index contributed by atoms with van der Waals surface area (Å²) in [6, 6.07) is 7.84. The van der Waals surface area contributed by atoms with Crippen molar-refractivity contribution in [3.63, 3.8) is 0 Å². The molecule has 5 nitrogen and oxygen atoms in total. The van der Waals surface area contributed by atoms with E-state index in [1.54, 1.807) is 25.4 Å². The molecule has 3 N–H and O–H groups in total. The van der Waals surface area contributed by atoms with Crippen LogP contribution in [0, 0.1) is 17.1 Å². The number of carbonyl (C=O) groups is 1. The number of pyridine rings is 1. The van der Waals surface area contributed by atoms with Crippen LogP contribution in [0.5, 0.6) is 0 Å². The van der Waals surface area contributed by atoms with E-state index in [0.717, 1.165) is 5.56 Å². The lowest BCUT2D eigenvalue weighted by Crippen LogP contribution is -2.18. The largest absolute Gasteiger partial charge is 0.383 e. The summed E-state index contributed by atoms with van der Waals surface area (Å²) in [4.78, 5) is 15.5. The van der Waals surface area contributed by atoms with Gasteiger partial charge < -0.3 is 11.1 Å². The van der Waals surface area contributed by atoms with Gasteiger partial charge in [-0.25, -0.2) is 9.37 Å². The van der Waals surface area contributed by atoms with Gasteiger partial charge in [-0.1, -0.05) is 6.07 Å². The monoisotopic (exact) mass is 298 g/mol. The summed E-state index contributed by atoms with van der Waals surface area (Å²) >= 11 is 0. The Labute approximate surface area is 127 Å². The van der Waals surface area contributed by atoms with Gasteiger partial charge in [-0.05, 0) is 35.7 Å². The normalized spacial score (nSPS) is 10.0. The van der Waals surface area contributed by atoms with Crippen molar-refractivity contribution in [1.29, 1.82) is 5.26 Å². The summed E-state index contributed by atoms with van der Waals surface area (Å²) in [5, 5.41) is 11.5. The van der Waals surface area contributed by atoms with Gasteiger partial charge in [0.05, 0.1) is 5.56 Å². The minimum Gasteiger partial charge on any atom is -0.383 e. The fourth-order valence-corrected chi connectivity index (χ4v) is 2.18. The number of benzene rings is 1. The van der Waals surface area contributed by atoms with Gasteiger partial charge in [-0.3, -0.25) is 4.79 Å². The SMILES string of the molecule is CNC(=O)CCc1c(-c2ccc(F)c(C#N)c2)ccnc1N. The Kier molecular flexibility index (Phi) is 4.69.